The van der Waals surface area contributed by atoms with E-state index < -0.39 is 0 Å². The third kappa shape index (κ3) is 2.59. The summed E-state index contributed by atoms with van der Waals surface area (Å²) in [6.45, 7) is 3.64. The van der Waals surface area contributed by atoms with Gasteiger partial charge in [-0.1, -0.05) is 35.0 Å². The van der Waals surface area contributed by atoms with E-state index >= 15 is 0 Å². The molecule has 15 heavy (non-hydrogen) atoms. The van der Waals surface area contributed by atoms with Crippen LogP contribution in [0.4, 0.5) is 0 Å². The molecule has 0 amide bonds. The Morgan fingerprint density at radius 1 is 1.53 bits per heavy atom. The summed E-state index contributed by atoms with van der Waals surface area (Å²) in [5.74, 6) is 0.862. The Morgan fingerprint density at radius 2 is 2.20 bits per heavy atom. The van der Waals surface area contributed by atoms with Crippen molar-refractivity contribution in [3.63, 3.8) is 0 Å². The van der Waals surface area contributed by atoms with Crippen molar-refractivity contribution in [2.75, 3.05) is 7.11 Å². The Kier molecular flexibility index (Phi) is 4.33. The second kappa shape index (κ2) is 5.31. The van der Waals surface area contributed by atoms with Crippen LogP contribution in [0.1, 0.15) is 29.8 Å². The van der Waals surface area contributed by atoms with Gasteiger partial charge in [0.05, 0.1) is 7.11 Å². The van der Waals surface area contributed by atoms with Crippen molar-refractivity contribution >= 4 is 21.7 Å². The maximum atomic E-state index is 11.4. The Hall–Kier alpha value is -0.830. The van der Waals surface area contributed by atoms with Crippen molar-refractivity contribution in [1.82, 2.24) is 0 Å². The average molecular weight is 271 g/mol. The molecular formula is C12H15BrO2. The van der Waals surface area contributed by atoms with Gasteiger partial charge in [0.15, 0.2) is 0 Å². The summed E-state index contributed by atoms with van der Waals surface area (Å²) in [6, 6.07) is 5.85. The van der Waals surface area contributed by atoms with E-state index in [2.05, 4.69) is 22.9 Å². The van der Waals surface area contributed by atoms with Crippen molar-refractivity contribution < 1.29 is 9.53 Å². The van der Waals surface area contributed by atoms with Gasteiger partial charge in [-0.3, -0.25) is 4.79 Å². The summed E-state index contributed by atoms with van der Waals surface area (Å²) in [4.78, 5) is 11.1. The lowest BCUT2D eigenvalue weighted by molar-refractivity contribution is -0.116. The van der Waals surface area contributed by atoms with Gasteiger partial charge in [-0.05, 0) is 25.0 Å². The number of benzene rings is 1. The summed E-state index contributed by atoms with van der Waals surface area (Å²) < 4.78 is 5.28. The van der Waals surface area contributed by atoms with E-state index in [9.17, 15) is 4.79 Å². The Labute approximate surface area is 98.8 Å². The smallest absolute Gasteiger partial charge is 0.147 e. The zero-order valence-electron chi connectivity index (χ0n) is 9.21. The number of rotatable bonds is 4. The molecule has 2 nitrogen and oxygen atoms in total. The second-order valence-electron chi connectivity index (χ2n) is 3.36. The van der Waals surface area contributed by atoms with Crippen LogP contribution in [0, 0.1) is 0 Å². The highest BCUT2D eigenvalue weighted by Gasteiger charge is 2.20. The molecule has 0 aliphatic carbocycles. The molecule has 1 rings (SSSR count). The van der Waals surface area contributed by atoms with Crippen molar-refractivity contribution in [2.45, 2.75) is 25.1 Å². The lowest BCUT2D eigenvalue weighted by atomic mass is 9.99. The highest BCUT2D eigenvalue weighted by molar-refractivity contribution is 9.09. The number of carbonyl (C=O) groups is 1. The van der Waals surface area contributed by atoms with Gasteiger partial charge in [0.25, 0.3) is 0 Å². The fourth-order valence-corrected chi connectivity index (χ4v) is 2.09. The lowest BCUT2D eigenvalue weighted by Gasteiger charge is -2.15. The molecule has 0 spiro atoms. The molecule has 0 radical (unpaired) electrons. The fourth-order valence-electron chi connectivity index (χ4n) is 1.57. The van der Waals surface area contributed by atoms with E-state index in [-0.39, 0.29) is 10.6 Å². The summed E-state index contributed by atoms with van der Waals surface area (Å²) in [5, 5.41) is 0. The number of Topliss-reactive ketones (excluding diaryl/α,β-unsaturated/α-hetero) is 1. The maximum Gasteiger partial charge on any atom is 0.147 e. The number of carbonyl (C=O) groups excluding carboxylic acids is 1. The maximum absolute atomic E-state index is 11.4. The lowest BCUT2D eigenvalue weighted by Crippen LogP contribution is -2.06. The largest absolute Gasteiger partial charge is 0.496 e. The standard InChI is InChI=1S/C12H15BrO2/c1-4-9-6-5-7-10(15-3)11(9)12(13)8(2)14/h5-7,12H,4H2,1-3H3. The van der Waals surface area contributed by atoms with Gasteiger partial charge < -0.3 is 4.74 Å². The number of alkyl halides is 1. The molecule has 0 saturated carbocycles. The minimum absolute atomic E-state index is 0.0919. The summed E-state index contributed by atoms with van der Waals surface area (Å²) in [7, 11) is 1.62. The number of hydrogen-bond donors (Lipinski definition) is 0. The molecule has 0 saturated heterocycles. The summed E-state index contributed by atoms with van der Waals surface area (Å²) in [5.41, 5.74) is 2.10. The zero-order chi connectivity index (χ0) is 11.4. The number of aryl methyl sites for hydroxylation is 1. The van der Waals surface area contributed by atoms with E-state index in [1.807, 2.05) is 18.2 Å². The number of ketones is 1. The number of methoxy groups -OCH3 is 1. The Bertz CT molecular complexity index is 338. The first kappa shape index (κ1) is 12.2. The van der Waals surface area contributed by atoms with Crippen LogP contribution >= 0.6 is 15.9 Å². The van der Waals surface area contributed by atoms with Crippen LogP contribution in [-0.4, -0.2) is 12.9 Å². The van der Waals surface area contributed by atoms with Gasteiger partial charge in [-0.2, -0.15) is 0 Å². The van der Waals surface area contributed by atoms with Gasteiger partial charge in [-0.25, -0.2) is 0 Å². The van der Waals surface area contributed by atoms with Crippen LogP contribution in [0.15, 0.2) is 18.2 Å². The van der Waals surface area contributed by atoms with Gasteiger partial charge in [0.2, 0.25) is 0 Å². The molecule has 1 atom stereocenters. The fraction of sp³-hybridized carbons (Fsp3) is 0.417. The Balaban J connectivity index is 3.27. The van der Waals surface area contributed by atoms with E-state index in [4.69, 9.17) is 4.74 Å². The van der Waals surface area contributed by atoms with Crippen LogP contribution in [0.2, 0.25) is 0 Å². The summed E-state index contributed by atoms with van der Waals surface area (Å²) in [6.07, 6.45) is 0.891. The SMILES string of the molecule is CCc1cccc(OC)c1C(Br)C(C)=O. The molecule has 0 heterocycles. The predicted molar refractivity (Wildman–Crippen MR) is 64.7 cm³/mol. The predicted octanol–water partition coefficient (Wildman–Crippen LogP) is 3.28. The van der Waals surface area contributed by atoms with Crippen LogP contribution < -0.4 is 4.74 Å². The molecule has 0 aromatic heterocycles. The molecule has 3 heteroatoms. The van der Waals surface area contributed by atoms with Gasteiger partial charge in [-0.15, -0.1) is 0 Å². The molecule has 82 valence electrons. The van der Waals surface area contributed by atoms with Crippen LogP contribution in [0.25, 0.3) is 0 Å². The molecule has 1 aromatic rings. The quantitative estimate of drug-likeness (QED) is 0.785. The highest BCUT2D eigenvalue weighted by Crippen LogP contribution is 2.34. The topological polar surface area (TPSA) is 26.3 Å². The van der Waals surface area contributed by atoms with Crippen molar-refractivity contribution in [1.29, 1.82) is 0 Å². The van der Waals surface area contributed by atoms with E-state index in [0.717, 1.165) is 23.3 Å². The minimum atomic E-state index is -0.274. The van der Waals surface area contributed by atoms with E-state index in [0.29, 0.717) is 0 Å². The van der Waals surface area contributed by atoms with Crippen LogP contribution in [0.3, 0.4) is 0 Å². The monoisotopic (exact) mass is 270 g/mol. The highest BCUT2D eigenvalue weighted by atomic mass is 79.9. The van der Waals surface area contributed by atoms with Crippen LogP contribution in [0.5, 0.6) is 5.75 Å². The van der Waals surface area contributed by atoms with Crippen molar-refractivity contribution in [2.24, 2.45) is 0 Å². The minimum Gasteiger partial charge on any atom is -0.496 e. The molecule has 1 aromatic carbocycles. The molecule has 0 N–H and O–H groups in total. The molecule has 0 aliphatic rings. The van der Waals surface area contributed by atoms with E-state index in [1.54, 1.807) is 14.0 Å². The third-order valence-electron chi connectivity index (χ3n) is 2.37. The Morgan fingerprint density at radius 3 is 2.67 bits per heavy atom. The van der Waals surface area contributed by atoms with E-state index in [1.165, 1.54) is 0 Å². The average Bonchev–Trinajstić information content (AvgIpc) is 2.26. The molecular weight excluding hydrogens is 256 g/mol. The van der Waals surface area contributed by atoms with Crippen molar-refractivity contribution in [3.05, 3.63) is 29.3 Å². The first-order valence-corrected chi connectivity index (χ1v) is 5.83. The molecule has 0 fully saturated rings. The molecule has 0 aliphatic heterocycles. The number of hydrogen-bond acceptors (Lipinski definition) is 2. The first-order valence-electron chi connectivity index (χ1n) is 4.92. The molecule has 0 bridgehead atoms. The number of ether oxygens (including phenoxy) is 1. The molecule has 1 unspecified atom stereocenters. The van der Waals surface area contributed by atoms with Gasteiger partial charge in [0.1, 0.15) is 16.4 Å². The number of halogens is 1. The van der Waals surface area contributed by atoms with Gasteiger partial charge in [0, 0.05) is 5.56 Å². The third-order valence-corrected chi connectivity index (χ3v) is 3.47. The first-order chi connectivity index (χ1) is 7.11. The van der Waals surface area contributed by atoms with Gasteiger partial charge >= 0.3 is 0 Å². The zero-order valence-corrected chi connectivity index (χ0v) is 10.8. The van der Waals surface area contributed by atoms with Crippen molar-refractivity contribution in [3.8, 4) is 5.75 Å². The van der Waals surface area contributed by atoms with Crippen LogP contribution in [-0.2, 0) is 11.2 Å². The second-order valence-corrected chi connectivity index (χ2v) is 4.28. The normalized spacial score (nSPS) is 12.3. The summed E-state index contributed by atoms with van der Waals surface area (Å²) >= 11 is 3.40.